The van der Waals surface area contributed by atoms with Crippen LogP contribution in [0.3, 0.4) is 0 Å². The van der Waals surface area contributed by atoms with Crippen LogP contribution in [-0.2, 0) is 27.3 Å². The predicted octanol–water partition coefficient (Wildman–Crippen LogP) is 3.29. The standard InChI is InChI=1S/C23H20N2O6S/c1-30-17-9-7-15(11-18-21(27)24-23(29)32-18)16-8-10-19(26)25(20(16)17)12-13-3-5-14(6-4-13)22(28)31-2/h3-7,9,11H,8,10,12H2,1-2H3,(H,24,27,29)/b18-11+. The van der Waals surface area contributed by atoms with E-state index < -0.39 is 17.1 Å². The fourth-order valence-electron chi connectivity index (χ4n) is 3.76. The average Bonchev–Trinajstić information content (AvgIpc) is 3.12. The molecule has 4 rings (SSSR count). The average molecular weight is 452 g/mol. The lowest BCUT2D eigenvalue weighted by molar-refractivity contribution is -0.119. The highest BCUT2D eigenvalue weighted by Gasteiger charge is 2.31. The number of rotatable bonds is 5. The maximum absolute atomic E-state index is 12.9. The van der Waals surface area contributed by atoms with Crippen molar-refractivity contribution in [1.82, 2.24) is 5.32 Å². The Hall–Kier alpha value is -3.59. The molecule has 1 fully saturated rings. The molecule has 0 aliphatic carbocycles. The Morgan fingerprint density at radius 1 is 1.09 bits per heavy atom. The van der Waals surface area contributed by atoms with Crippen LogP contribution in [0.4, 0.5) is 10.5 Å². The number of nitrogens with one attached hydrogen (secondary N) is 1. The number of hydrogen-bond donors (Lipinski definition) is 1. The number of amides is 3. The van der Waals surface area contributed by atoms with Gasteiger partial charge in [0.25, 0.3) is 11.1 Å². The van der Waals surface area contributed by atoms with Gasteiger partial charge in [0.15, 0.2) is 0 Å². The Bertz CT molecular complexity index is 1160. The lowest BCUT2D eigenvalue weighted by Crippen LogP contribution is -2.35. The number of nitrogens with zero attached hydrogens (tertiary/aromatic N) is 1. The molecule has 0 unspecified atom stereocenters. The maximum atomic E-state index is 12.9. The zero-order valence-electron chi connectivity index (χ0n) is 17.5. The van der Waals surface area contributed by atoms with Crippen molar-refractivity contribution in [3.63, 3.8) is 0 Å². The third-order valence-electron chi connectivity index (χ3n) is 5.31. The molecule has 2 aliphatic heterocycles. The van der Waals surface area contributed by atoms with E-state index in [1.165, 1.54) is 14.2 Å². The van der Waals surface area contributed by atoms with Crippen molar-refractivity contribution in [2.24, 2.45) is 0 Å². The molecule has 164 valence electrons. The number of methoxy groups -OCH3 is 2. The number of esters is 1. The zero-order valence-corrected chi connectivity index (χ0v) is 18.3. The third kappa shape index (κ3) is 4.11. The summed E-state index contributed by atoms with van der Waals surface area (Å²) in [4.78, 5) is 50.0. The first-order valence-corrected chi connectivity index (χ1v) is 10.6. The molecule has 9 heteroatoms. The molecule has 0 aromatic heterocycles. The topological polar surface area (TPSA) is 102 Å². The van der Waals surface area contributed by atoms with Crippen LogP contribution < -0.4 is 15.0 Å². The SMILES string of the molecule is COC(=O)c1ccc(CN2C(=O)CCc3c(/C=C4/SC(=O)NC4=O)ccc(OC)c32)cc1. The highest BCUT2D eigenvalue weighted by molar-refractivity contribution is 8.18. The largest absolute Gasteiger partial charge is 0.495 e. The summed E-state index contributed by atoms with van der Waals surface area (Å²) in [6.45, 7) is 0.289. The van der Waals surface area contributed by atoms with Gasteiger partial charge in [0, 0.05) is 6.42 Å². The van der Waals surface area contributed by atoms with E-state index in [-0.39, 0.29) is 12.5 Å². The lowest BCUT2D eigenvalue weighted by Gasteiger charge is -2.32. The Balaban J connectivity index is 1.72. The monoisotopic (exact) mass is 452 g/mol. The molecule has 2 aromatic carbocycles. The molecule has 0 bridgehead atoms. The smallest absolute Gasteiger partial charge is 0.337 e. The number of fused-ring (bicyclic) bond motifs is 1. The summed E-state index contributed by atoms with van der Waals surface area (Å²) in [5, 5.41) is 1.84. The molecule has 0 spiro atoms. The van der Waals surface area contributed by atoms with Gasteiger partial charge in [-0.3, -0.25) is 19.7 Å². The molecule has 1 saturated heterocycles. The van der Waals surface area contributed by atoms with Crippen molar-refractivity contribution < 1.29 is 28.7 Å². The minimum absolute atomic E-state index is 0.0548. The van der Waals surface area contributed by atoms with Crippen molar-refractivity contribution >= 4 is 46.5 Å². The van der Waals surface area contributed by atoms with Gasteiger partial charge in [-0.2, -0.15) is 0 Å². The van der Waals surface area contributed by atoms with E-state index in [1.54, 1.807) is 41.3 Å². The van der Waals surface area contributed by atoms with Crippen molar-refractivity contribution in [3.8, 4) is 5.75 Å². The van der Waals surface area contributed by atoms with Crippen LogP contribution >= 0.6 is 11.8 Å². The molecule has 2 heterocycles. The molecule has 0 atom stereocenters. The van der Waals surface area contributed by atoms with E-state index in [1.807, 2.05) is 6.07 Å². The summed E-state index contributed by atoms with van der Waals surface area (Å²) in [5.74, 6) is -0.372. The maximum Gasteiger partial charge on any atom is 0.337 e. The van der Waals surface area contributed by atoms with Crippen molar-refractivity contribution in [3.05, 3.63) is 63.6 Å². The molecule has 3 amide bonds. The fraction of sp³-hybridized carbons (Fsp3) is 0.217. The Morgan fingerprint density at radius 2 is 1.84 bits per heavy atom. The minimum atomic E-state index is -0.431. The molecule has 2 aliphatic rings. The van der Waals surface area contributed by atoms with Crippen molar-refractivity contribution in [2.45, 2.75) is 19.4 Å². The Kier molecular flexibility index (Phi) is 6.00. The molecule has 32 heavy (non-hydrogen) atoms. The second kappa shape index (κ2) is 8.88. The number of carbonyl (C=O) groups is 4. The first-order chi connectivity index (χ1) is 15.4. The van der Waals surface area contributed by atoms with Crippen LogP contribution in [0, 0.1) is 0 Å². The van der Waals surface area contributed by atoms with Gasteiger partial charge in [-0.15, -0.1) is 0 Å². The zero-order chi connectivity index (χ0) is 22.8. The minimum Gasteiger partial charge on any atom is -0.495 e. The number of anilines is 1. The Morgan fingerprint density at radius 3 is 2.47 bits per heavy atom. The van der Waals surface area contributed by atoms with E-state index in [0.717, 1.165) is 28.5 Å². The third-order valence-corrected chi connectivity index (χ3v) is 6.12. The van der Waals surface area contributed by atoms with E-state index in [2.05, 4.69) is 5.32 Å². The van der Waals surface area contributed by atoms with Gasteiger partial charge in [-0.1, -0.05) is 18.2 Å². The van der Waals surface area contributed by atoms with E-state index >= 15 is 0 Å². The van der Waals surface area contributed by atoms with E-state index in [9.17, 15) is 19.2 Å². The van der Waals surface area contributed by atoms with Gasteiger partial charge in [-0.05, 0) is 59.1 Å². The molecular formula is C23H20N2O6S. The van der Waals surface area contributed by atoms with Crippen LogP contribution in [0.5, 0.6) is 5.75 Å². The summed E-state index contributed by atoms with van der Waals surface area (Å²) < 4.78 is 10.3. The number of hydrogen-bond acceptors (Lipinski definition) is 7. The van der Waals surface area contributed by atoms with E-state index in [4.69, 9.17) is 9.47 Å². The predicted molar refractivity (Wildman–Crippen MR) is 119 cm³/mol. The highest BCUT2D eigenvalue weighted by atomic mass is 32.2. The number of thioether (sulfide) groups is 1. The molecule has 8 nitrogen and oxygen atoms in total. The number of imide groups is 1. The van der Waals surface area contributed by atoms with Gasteiger partial charge in [0.1, 0.15) is 5.75 Å². The van der Waals surface area contributed by atoms with Crippen LogP contribution in [0.1, 0.15) is 33.5 Å². The van der Waals surface area contributed by atoms with Crippen molar-refractivity contribution in [2.75, 3.05) is 19.1 Å². The highest BCUT2D eigenvalue weighted by Crippen LogP contribution is 2.41. The molecule has 2 aromatic rings. The molecule has 0 saturated carbocycles. The molecular weight excluding hydrogens is 432 g/mol. The summed E-state index contributed by atoms with van der Waals surface area (Å²) in [6, 6.07) is 10.4. The number of benzene rings is 2. The molecule has 0 radical (unpaired) electrons. The van der Waals surface area contributed by atoms with Gasteiger partial charge < -0.3 is 14.4 Å². The normalized spacial score (nSPS) is 16.8. The quantitative estimate of drug-likeness (QED) is 0.549. The summed E-state index contributed by atoms with van der Waals surface area (Å²) >= 11 is 0.851. The first-order valence-electron chi connectivity index (χ1n) is 9.83. The van der Waals surface area contributed by atoms with Gasteiger partial charge >= 0.3 is 5.97 Å². The van der Waals surface area contributed by atoms with E-state index in [0.29, 0.717) is 34.7 Å². The summed E-state index contributed by atoms with van der Waals surface area (Å²) in [6.07, 6.45) is 2.46. The number of ether oxygens (including phenoxy) is 2. The molecule has 1 N–H and O–H groups in total. The fourth-order valence-corrected chi connectivity index (χ4v) is 4.43. The second-order valence-corrected chi connectivity index (χ2v) is 8.22. The van der Waals surface area contributed by atoms with Gasteiger partial charge in [0.2, 0.25) is 5.91 Å². The van der Waals surface area contributed by atoms with Crippen LogP contribution in [-0.4, -0.2) is 37.2 Å². The summed E-state index contributed by atoms with van der Waals surface area (Å²) in [7, 11) is 2.86. The number of carbonyl (C=O) groups excluding carboxylic acids is 4. The van der Waals surface area contributed by atoms with Crippen molar-refractivity contribution in [1.29, 1.82) is 0 Å². The first kappa shape index (κ1) is 21.6. The van der Waals surface area contributed by atoms with Gasteiger partial charge in [-0.25, -0.2) is 4.79 Å². The Labute approximate surface area is 188 Å². The van der Waals surface area contributed by atoms with Crippen LogP contribution in [0.15, 0.2) is 41.3 Å². The van der Waals surface area contributed by atoms with Crippen LogP contribution in [0.25, 0.3) is 6.08 Å². The second-order valence-electron chi connectivity index (χ2n) is 7.20. The summed E-state index contributed by atoms with van der Waals surface area (Å²) in [5.41, 5.74) is 3.53. The lowest BCUT2D eigenvalue weighted by atomic mass is 9.94. The van der Waals surface area contributed by atoms with Crippen LogP contribution in [0.2, 0.25) is 0 Å². The van der Waals surface area contributed by atoms with Gasteiger partial charge in [0.05, 0.1) is 36.9 Å².